The molecule has 1 aromatic carbocycles. The van der Waals surface area contributed by atoms with Gasteiger partial charge in [0.15, 0.2) is 11.3 Å². The van der Waals surface area contributed by atoms with E-state index in [4.69, 9.17) is 15.7 Å². The molecular weight excluding hydrogens is 380 g/mol. The standard InChI is InChI=1S/C21H24N8O/c1-23-20(30)16-17(22)13-12-24-21(28-9-5-8-27(2)10-11-28)26-18(13)29-15-7-4-3-6-14(15)25-19(16)29/h3-4,6-7,12H,5,8-11,22H2,1-2H3,(H,23,30). The minimum absolute atomic E-state index is 0.283. The van der Waals surface area contributed by atoms with Crippen LogP contribution in [0.4, 0.5) is 11.6 Å². The van der Waals surface area contributed by atoms with Gasteiger partial charge in [-0.1, -0.05) is 12.1 Å². The van der Waals surface area contributed by atoms with Crippen molar-refractivity contribution in [3.8, 4) is 0 Å². The molecule has 0 unspecified atom stereocenters. The molecule has 0 bridgehead atoms. The number of nitrogens with zero attached hydrogens (tertiary/aromatic N) is 6. The third-order valence-corrected chi connectivity index (χ3v) is 5.77. The maximum atomic E-state index is 12.7. The summed E-state index contributed by atoms with van der Waals surface area (Å²) in [7, 11) is 3.72. The third-order valence-electron chi connectivity index (χ3n) is 5.77. The van der Waals surface area contributed by atoms with Crippen LogP contribution in [0, 0.1) is 0 Å². The lowest BCUT2D eigenvalue weighted by Crippen LogP contribution is -2.30. The van der Waals surface area contributed by atoms with Gasteiger partial charge in [0.1, 0.15) is 5.56 Å². The highest BCUT2D eigenvalue weighted by molar-refractivity contribution is 6.12. The zero-order chi connectivity index (χ0) is 20.8. The van der Waals surface area contributed by atoms with Gasteiger partial charge in [-0.2, -0.15) is 4.98 Å². The Balaban J connectivity index is 1.81. The number of aromatic nitrogens is 4. The molecule has 30 heavy (non-hydrogen) atoms. The third kappa shape index (κ3) is 2.81. The van der Waals surface area contributed by atoms with E-state index >= 15 is 0 Å². The van der Waals surface area contributed by atoms with E-state index in [0.29, 0.717) is 33.9 Å². The zero-order valence-electron chi connectivity index (χ0n) is 17.1. The SMILES string of the molecule is CNC(=O)c1c(N)c2cnc(N3CCCN(C)CC3)nc2n2c1nc1ccccc12. The molecule has 1 aliphatic rings. The largest absolute Gasteiger partial charge is 0.397 e. The maximum Gasteiger partial charge on any atom is 0.256 e. The number of nitrogen functional groups attached to an aromatic ring is 1. The van der Waals surface area contributed by atoms with E-state index in [2.05, 4.69) is 27.1 Å². The van der Waals surface area contributed by atoms with Gasteiger partial charge in [0.05, 0.1) is 22.1 Å². The fourth-order valence-corrected chi connectivity index (χ4v) is 4.14. The number of hydrogen-bond donors (Lipinski definition) is 2. The van der Waals surface area contributed by atoms with Gasteiger partial charge >= 0.3 is 0 Å². The molecule has 4 aromatic rings. The second kappa shape index (κ2) is 7.10. The zero-order valence-corrected chi connectivity index (χ0v) is 17.1. The second-order valence-corrected chi connectivity index (χ2v) is 7.68. The summed E-state index contributed by atoms with van der Waals surface area (Å²) in [6.45, 7) is 3.78. The predicted molar refractivity (Wildman–Crippen MR) is 118 cm³/mol. The first-order valence-corrected chi connectivity index (χ1v) is 10.1. The molecule has 1 fully saturated rings. The van der Waals surface area contributed by atoms with Gasteiger partial charge in [0, 0.05) is 32.9 Å². The summed E-state index contributed by atoms with van der Waals surface area (Å²) in [6.07, 6.45) is 2.78. The molecular formula is C21H24N8O. The van der Waals surface area contributed by atoms with Crippen molar-refractivity contribution in [2.75, 3.05) is 50.9 Å². The van der Waals surface area contributed by atoms with Crippen molar-refractivity contribution >= 4 is 45.3 Å². The van der Waals surface area contributed by atoms with Gasteiger partial charge in [0.25, 0.3) is 5.91 Å². The van der Waals surface area contributed by atoms with E-state index in [0.717, 1.165) is 43.6 Å². The molecule has 5 rings (SSSR count). The number of para-hydroxylation sites is 2. The normalized spacial score (nSPS) is 15.7. The van der Waals surface area contributed by atoms with E-state index in [9.17, 15) is 4.79 Å². The van der Waals surface area contributed by atoms with Gasteiger partial charge in [0.2, 0.25) is 5.95 Å². The van der Waals surface area contributed by atoms with E-state index in [1.165, 1.54) is 0 Å². The number of carbonyl (C=O) groups is 1. The highest BCUT2D eigenvalue weighted by Crippen LogP contribution is 2.31. The van der Waals surface area contributed by atoms with Crippen molar-refractivity contribution in [3.05, 3.63) is 36.0 Å². The minimum Gasteiger partial charge on any atom is -0.397 e. The lowest BCUT2D eigenvalue weighted by molar-refractivity contribution is 0.0965. The molecule has 0 aliphatic carbocycles. The molecule has 3 N–H and O–H groups in total. The summed E-state index contributed by atoms with van der Waals surface area (Å²) in [4.78, 5) is 31.4. The van der Waals surface area contributed by atoms with E-state index in [1.54, 1.807) is 13.2 Å². The Kier molecular flexibility index (Phi) is 4.39. The lowest BCUT2D eigenvalue weighted by atomic mass is 10.1. The van der Waals surface area contributed by atoms with Gasteiger partial charge in [-0.3, -0.25) is 9.20 Å². The summed E-state index contributed by atoms with van der Waals surface area (Å²) < 4.78 is 1.92. The van der Waals surface area contributed by atoms with Crippen LogP contribution in [0.15, 0.2) is 30.5 Å². The Morgan fingerprint density at radius 3 is 2.77 bits per heavy atom. The topological polar surface area (TPSA) is 105 Å². The highest BCUT2D eigenvalue weighted by atomic mass is 16.1. The number of likely N-dealkylation sites (N-methyl/N-ethyl adjacent to an activating group) is 1. The van der Waals surface area contributed by atoms with Crippen LogP contribution in [-0.4, -0.2) is 70.4 Å². The number of rotatable bonds is 2. The number of nitrogens with one attached hydrogen (secondary N) is 1. The van der Waals surface area contributed by atoms with Crippen molar-refractivity contribution in [2.24, 2.45) is 0 Å². The first-order valence-electron chi connectivity index (χ1n) is 10.1. The average molecular weight is 404 g/mol. The molecule has 3 aromatic heterocycles. The van der Waals surface area contributed by atoms with Crippen LogP contribution >= 0.6 is 0 Å². The van der Waals surface area contributed by atoms with Crippen molar-refractivity contribution in [1.82, 2.24) is 29.6 Å². The van der Waals surface area contributed by atoms with E-state index < -0.39 is 0 Å². The van der Waals surface area contributed by atoms with Crippen molar-refractivity contribution in [1.29, 1.82) is 0 Å². The Labute approximate surface area is 173 Å². The smallest absolute Gasteiger partial charge is 0.256 e. The monoisotopic (exact) mass is 404 g/mol. The van der Waals surface area contributed by atoms with Crippen LogP contribution in [-0.2, 0) is 0 Å². The molecule has 1 amide bonds. The minimum atomic E-state index is -0.283. The number of fused-ring (bicyclic) bond motifs is 5. The van der Waals surface area contributed by atoms with Crippen LogP contribution < -0.4 is 16.0 Å². The summed E-state index contributed by atoms with van der Waals surface area (Å²) in [5.41, 5.74) is 9.94. The molecule has 0 spiro atoms. The molecule has 4 heterocycles. The predicted octanol–water partition coefficient (Wildman–Crippen LogP) is 1.51. The molecule has 9 heteroatoms. The van der Waals surface area contributed by atoms with Gasteiger partial charge in [-0.25, -0.2) is 9.97 Å². The first kappa shape index (κ1) is 18.6. The summed E-state index contributed by atoms with van der Waals surface area (Å²) >= 11 is 0. The van der Waals surface area contributed by atoms with Crippen molar-refractivity contribution in [3.63, 3.8) is 0 Å². The number of carbonyl (C=O) groups excluding carboxylic acids is 1. The number of nitrogens with two attached hydrogens (primary N) is 1. The number of imidazole rings is 1. The van der Waals surface area contributed by atoms with Crippen LogP contribution in [0.25, 0.3) is 27.7 Å². The highest BCUT2D eigenvalue weighted by Gasteiger charge is 2.23. The van der Waals surface area contributed by atoms with Crippen molar-refractivity contribution in [2.45, 2.75) is 6.42 Å². The summed E-state index contributed by atoms with van der Waals surface area (Å²) in [5.74, 6) is 0.387. The number of benzene rings is 1. The first-order chi connectivity index (χ1) is 14.6. The average Bonchev–Trinajstić information content (AvgIpc) is 3.00. The van der Waals surface area contributed by atoms with Crippen LogP contribution in [0.1, 0.15) is 16.8 Å². The Bertz CT molecular complexity index is 1280. The van der Waals surface area contributed by atoms with Crippen molar-refractivity contribution < 1.29 is 4.79 Å². The molecule has 1 aliphatic heterocycles. The fourth-order valence-electron chi connectivity index (χ4n) is 4.14. The van der Waals surface area contributed by atoms with Crippen LogP contribution in [0.5, 0.6) is 0 Å². The molecule has 154 valence electrons. The van der Waals surface area contributed by atoms with Gasteiger partial charge < -0.3 is 20.9 Å². The van der Waals surface area contributed by atoms with Crippen LogP contribution in [0.3, 0.4) is 0 Å². The molecule has 0 atom stereocenters. The number of hydrogen-bond acceptors (Lipinski definition) is 7. The number of amides is 1. The fraction of sp³-hybridized carbons (Fsp3) is 0.333. The van der Waals surface area contributed by atoms with E-state index in [1.807, 2.05) is 28.7 Å². The Morgan fingerprint density at radius 2 is 1.93 bits per heavy atom. The quantitative estimate of drug-likeness (QED) is 0.522. The number of anilines is 2. The Hall–Kier alpha value is -3.46. The van der Waals surface area contributed by atoms with Crippen LogP contribution in [0.2, 0.25) is 0 Å². The molecule has 0 radical (unpaired) electrons. The molecule has 1 saturated heterocycles. The summed E-state index contributed by atoms with van der Waals surface area (Å²) in [5, 5.41) is 3.31. The summed E-state index contributed by atoms with van der Waals surface area (Å²) in [6, 6.07) is 7.77. The maximum absolute atomic E-state index is 12.7. The molecule has 9 nitrogen and oxygen atoms in total. The molecule has 0 saturated carbocycles. The van der Waals surface area contributed by atoms with Gasteiger partial charge in [-0.05, 0) is 32.1 Å². The van der Waals surface area contributed by atoms with Gasteiger partial charge in [-0.15, -0.1) is 0 Å². The Morgan fingerprint density at radius 1 is 1.10 bits per heavy atom. The van der Waals surface area contributed by atoms with E-state index in [-0.39, 0.29) is 5.91 Å². The second-order valence-electron chi connectivity index (χ2n) is 7.68. The lowest BCUT2D eigenvalue weighted by Gasteiger charge is -2.21. The number of pyridine rings is 1.